The van der Waals surface area contributed by atoms with Crippen LogP contribution in [0.5, 0.6) is 0 Å². The molecular formula is C12H10N3S. The molecule has 0 aliphatic heterocycles. The summed E-state index contributed by atoms with van der Waals surface area (Å²) in [5.41, 5.74) is 9.90. The predicted molar refractivity (Wildman–Crippen MR) is 67.4 cm³/mol. The van der Waals surface area contributed by atoms with Crippen LogP contribution in [0.4, 0.5) is 5.69 Å². The molecule has 0 saturated carbocycles. The zero-order valence-electron chi connectivity index (χ0n) is 8.74. The van der Waals surface area contributed by atoms with Crippen LogP contribution in [0.15, 0.2) is 24.4 Å². The van der Waals surface area contributed by atoms with Crippen molar-refractivity contribution < 1.29 is 0 Å². The number of anilines is 1. The van der Waals surface area contributed by atoms with Crippen LogP contribution in [0.1, 0.15) is 5.56 Å². The second kappa shape index (κ2) is 3.35. The van der Waals surface area contributed by atoms with Gasteiger partial charge in [0.15, 0.2) is 0 Å². The number of benzene rings is 1. The van der Waals surface area contributed by atoms with Gasteiger partial charge in [-0.2, -0.15) is 0 Å². The van der Waals surface area contributed by atoms with Crippen molar-refractivity contribution in [3.8, 4) is 10.7 Å². The summed E-state index contributed by atoms with van der Waals surface area (Å²) in [5.74, 6) is 0. The van der Waals surface area contributed by atoms with Crippen LogP contribution in [0.3, 0.4) is 0 Å². The number of thiazole rings is 1. The summed E-state index contributed by atoms with van der Waals surface area (Å²) >= 11 is 1.49. The Bertz CT molecular complexity index is 638. The first kappa shape index (κ1) is 9.42. The second-order valence-corrected chi connectivity index (χ2v) is 4.61. The Labute approximate surface area is 96.9 Å². The fraction of sp³-hybridized carbons (Fsp3) is 0.0833. The molecule has 2 heterocycles. The molecule has 3 nitrogen and oxygen atoms in total. The number of fused-ring (bicyclic) bond motifs is 1. The Morgan fingerprint density at radius 3 is 3.00 bits per heavy atom. The van der Waals surface area contributed by atoms with E-state index < -0.39 is 0 Å². The standard InChI is InChI=1S/C12H10N3S/c1-7-4-8-6-10(12-14-2-3-16-12)15-11(8)9(13)5-7/h2,4-6,15H,13H2,1H3. The summed E-state index contributed by atoms with van der Waals surface area (Å²) in [6.07, 6.45) is 1.68. The first-order valence-corrected chi connectivity index (χ1v) is 5.77. The van der Waals surface area contributed by atoms with Gasteiger partial charge in [0.25, 0.3) is 0 Å². The SMILES string of the molecule is Cc1cc(N)c2[nH]c(-c3nc[c]s3)cc2c1. The highest BCUT2D eigenvalue weighted by molar-refractivity contribution is 7.12. The van der Waals surface area contributed by atoms with E-state index in [0.717, 1.165) is 27.3 Å². The first-order chi connectivity index (χ1) is 7.74. The van der Waals surface area contributed by atoms with Gasteiger partial charge in [-0.1, -0.05) is 0 Å². The Morgan fingerprint density at radius 1 is 1.38 bits per heavy atom. The van der Waals surface area contributed by atoms with Crippen LogP contribution >= 0.6 is 11.3 Å². The highest BCUT2D eigenvalue weighted by Gasteiger charge is 2.07. The lowest BCUT2D eigenvalue weighted by Crippen LogP contribution is -1.87. The van der Waals surface area contributed by atoms with E-state index in [2.05, 4.69) is 27.5 Å². The van der Waals surface area contributed by atoms with Crippen LogP contribution in [0, 0.1) is 12.3 Å². The quantitative estimate of drug-likeness (QED) is 0.629. The number of H-pyrrole nitrogens is 1. The maximum atomic E-state index is 5.97. The van der Waals surface area contributed by atoms with Crippen LogP contribution in [-0.2, 0) is 0 Å². The molecular weight excluding hydrogens is 218 g/mol. The smallest absolute Gasteiger partial charge is 0.140 e. The van der Waals surface area contributed by atoms with Crippen molar-refractivity contribution in [1.82, 2.24) is 9.97 Å². The van der Waals surface area contributed by atoms with Crippen LogP contribution in [0.2, 0.25) is 0 Å². The van der Waals surface area contributed by atoms with Gasteiger partial charge < -0.3 is 10.7 Å². The summed E-state index contributed by atoms with van der Waals surface area (Å²) in [5, 5.41) is 5.04. The van der Waals surface area contributed by atoms with Gasteiger partial charge in [-0.25, -0.2) is 4.98 Å². The van der Waals surface area contributed by atoms with Gasteiger partial charge >= 0.3 is 0 Å². The normalized spacial score (nSPS) is 11.1. The molecule has 3 rings (SSSR count). The molecule has 0 spiro atoms. The average molecular weight is 228 g/mol. The lowest BCUT2D eigenvalue weighted by atomic mass is 10.1. The topological polar surface area (TPSA) is 54.7 Å². The Morgan fingerprint density at radius 2 is 2.25 bits per heavy atom. The van der Waals surface area contributed by atoms with E-state index in [1.54, 1.807) is 6.20 Å². The third-order valence-corrected chi connectivity index (χ3v) is 3.27. The van der Waals surface area contributed by atoms with Crippen LogP contribution < -0.4 is 5.73 Å². The Balaban J connectivity index is 2.27. The molecule has 2 aromatic heterocycles. The van der Waals surface area contributed by atoms with Gasteiger partial charge in [0.1, 0.15) is 5.01 Å². The van der Waals surface area contributed by atoms with E-state index in [9.17, 15) is 0 Å². The Kier molecular flexibility index (Phi) is 1.97. The molecule has 0 aliphatic carbocycles. The van der Waals surface area contributed by atoms with Gasteiger partial charge in [-0.15, -0.1) is 11.3 Å². The molecule has 0 bridgehead atoms. The average Bonchev–Trinajstić information content (AvgIpc) is 2.82. The van der Waals surface area contributed by atoms with Crippen molar-refractivity contribution in [1.29, 1.82) is 0 Å². The van der Waals surface area contributed by atoms with Crippen LogP contribution in [0.25, 0.3) is 21.6 Å². The molecule has 0 fully saturated rings. The van der Waals surface area contributed by atoms with Crippen molar-refractivity contribution in [3.63, 3.8) is 0 Å². The minimum Gasteiger partial charge on any atom is -0.397 e. The molecule has 3 N–H and O–H groups in total. The summed E-state index contributed by atoms with van der Waals surface area (Å²) in [4.78, 5) is 7.52. The van der Waals surface area contributed by atoms with Crippen molar-refractivity contribution >= 4 is 27.9 Å². The molecule has 0 saturated heterocycles. The minimum absolute atomic E-state index is 0.779. The highest BCUT2D eigenvalue weighted by atomic mass is 32.1. The number of nitrogens with one attached hydrogen (secondary N) is 1. The fourth-order valence-electron chi connectivity index (χ4n) is 1.86. The molecule has 4 heteroatoms. The van der Waals surface area contributed by atoms with E-state index in [1.807, 2.05) is 13.0 Å². The number of nitrogen functional groups attached to an aromatic ring is 1. The second-order valence-electron chi connectivity index (χ2n) is 3.78. The number of hydrogen-bond donors (Lipinski definition) is 2. The third kappa shape index (κ3) is 1.39. The zero-order valence-corrected chi connectivity index (χ0v) is 9.56. The number of hydrogen-bond acceptors (Lipinski definition) is 3. The van der Waals surface area contributed by atoms with Gasteiger partial charge in [0.05, 0.1) is 22.3 Å². The van der Waals surface area contributed by atoms with Gasteiger partial charge in [-0.3, -0.25) is 0 Å². The number of aryl methyl sites for hydroxylation is 1. The lowest BCUT2D eigenvalue weighted by Gasteiger charge is -1.97. The fourth-order valence-corrected chi connectivity index (χ4v) is 2.40. The molecule has 16 heavy (non-hydrogen) atoms. The van der Waals surface area contributed by atoms with E-state index in [1.165, 1.54) is 16.9 Å². The molecule has 0 aliphatic rings. The minimum atomic E-state index is 0.779. The molecule has 0 atom stereocenters. The van der Waals surface area contributed by atoms with Crippen molar-refractivity contribution in [3.05, 3.63) is 35.3 Å². The zero-order chi connectivity index (χ0) is 11.1. The number of nitrogens with zero attached hydrogens (tertiary/aromatic N) is 1. The molecule has 79 valence electrons. The first-order valence-electron chi connectivity index (χ1n) is 4.95. The number of aromatic amines is 1. The summed E-state index contributed by atoms with van der Waals surface area (Å²) in [6, 6.07) is 6.16. The number of nitrogens with two attached hydrogens (primary N) is 1. The van der Waals surface area contributed by atoms with Gasteiger partial charge in [0.2, 0.25) is 0 Å². The van der Waals surface area contributed by atoms with Crippen molar-refractivity contribution in [2.24, 2.45) is 0 Å². The molecule has 1 radical (unpaired) electrons. The summed E-state index contributed by atoms with van der Waals surface area (Å²) in [6.45, 7) is 2.04. The molecule has 0 unspecified atom stereocenters. The third-order valence-electron chi connectivity index (χ3n) is 2.52. The lowest BCUT2D eigenvalue weighted by molar-refractivity contribution is 1.36. The van der Waals surface area contributed by atoms with E-state index in [-0.39, 0.29) is 0 Å². The van der Waals surface area contributed by atoms with Crippen molar-refractivity contribution in [2.45, 2.75) is 6.92 Å². The molecule has 3 aromatic rings. The molecule has 1 aromatic carbocycles. The predicted octanol–water partition coefficient (Wildman–Crippen LogP) is 2.98. The number of rotatable bonds is 1. The maximum Gasteiger partial charge on any atom is 0.140 e. The van der Waals surface area contributed by atoms with E-state index >= 15 is 0 Å². The van der Waals surface area contributed by atoms with Crippen LogP contribution in [-0.4, -0.2) is 9.97 Å². The Hall–Kier alpha value is -1.81. The number of aromatic nitrogens is 2. The monoisotopic (exact) mass is 228 g/mol. The van der Waals surface area contributed by atoms with E-state index in [4.69, 9.17) is 5.73 Å². The summed E-state index contributed by atoms with van der Waals surface area (Å²) < 4.78 is 0. The largest absolute Gasteiger partial charge is 0.397 e. The highest BCUT2D eigenvalue weighted by Crippen LogP contribution is 2.29. The summed E-state index contributed by atoms with van der Waals surface area (Å²) in [7, 11) is 0. The van der Waals surface area contributed by atoms with Crippen molar-refractivity contribution in [2.75, 3.05) is 5.73 Å². The molecule has 0 amide bonds. The van der Waals surface area contributed by atoms with Gasteiger partial charge in [0, 0.05) is 11.6 Å². The maximum absolute atomic E-state index is 5.97. The van der Waals surface area contributed by atoms with E-state index in [0.29, 0.717) is 0 Å². The van der Waals surface area contributed by atoms with Gasteiger partial charge in [-0.05, 0) is 30.7 Å².